The van der Waals surface area contributed by atoms with Gasteiger partial charge >= 0.3 is 0 Å². The lowest BCUT2D eigenvalue weighted by Gasteiger charge is -2.38. The molecule has 1 heterocycles. The van der Waals surface area contributed by atoms with Crippen LogP contribution < -0.4 is 10.1 Å². The van der Waals surface area contributed by atoms with E-state index in [0.29, 0.717) is 26.2 Å². The number of rotatable bonds is 6. The lowest BCUT2D eigenvalue weighted by molar-refractivity contribution is -0.118. The van der Waals surface area contributed by atoms with E-state index in [2.05, 4.69) is 5.32 Å². The Bertz CT molecular complexity index is 516. The highest BCUT2D eigenvalue weighted by Crippen LogP contribution is 2.40. The van der Waals surface area contributed by atoms with Gasteiger partial charge in [-0.05, 0) is 24.6 Å². The number of aliphatic hydroxyl groups excluding tert-OH is 1. The number of hydrogen-bond donors (Lipinski definition) is 2. The summed E-state index contributed by atoms with van der Waals surface area (Å²) < 4.78 is 47.8. The van der Waals surface area contributed by atoms with E-state index in [1.54, 1.807) is 6.92 Å². The van der Waals surface area contributed by atoms with Crippen molar-refractivity contribution in [3.8, 4) is 5.75 Å². The van der Waals surface area contributed by atoms with Crippen LogP contribution in [0.4, 0.5) is 13.2 Å². The third kappa shape index (κ3) is 4.09. The van der Waals surface area contributed by atoms with Crippen molar-refractivity contribution in [2.24, 2.45) is 0 Å². The Morgan fingerprint density at radius 1 is 1.39 bits per heavy atom. The van der Waals surface area contributed by atoms with Gasteiger partial charge in [-0.3, -0.25) is 4.90 Å². The first kappa shape index (κ1) is 18.3. The molecule has 4 nitrogen and oxygen atoms in total. The van der Waals surface area contributed by atoms with Crippen molar-refractivity contribution < 1.29 is 23.0 Å². The maximum Gasteiger partial charge on any atom is 0.289 e. The molecule has 0 spiro atoms. The number of ether oxygens (including phenoxy) is 1. The first-order valence-electron chi connectivity index (χ1n) is 7.46. The van der Waals surface area contributed by atoms with Crippen LogP contribution in [0.25, 0.3) is 0 Å². The molecular formula is C15H20ClF3N2O2. The Hall–Kier alpha value is -1.02. The lowest BCUT2D eigenvalue weighted by Crippen LogP contribution is -2.51. The molecule has 0 saturated carbocycles. The van der Waals surface area contributed by atoms with Crippen LogP contribution in [0.15, 0.2) is 12.1 Å². The smallest absolute Gasteiger partial charge is 0.289 e. The van der Waals surface area contributed by atoms with Crippen LogP contribution >= 0.6 is 11.6 Å². The third-order valence-electron chi connectivity index (χ3n) is 3.75. The molecule has 0 radical (unpaired) electrons. The Morgan fingerprint density at radius 3 is 2.57 bits per heavy atom. The molecule has 0 unspecified atom stereocenters. The maximum atomic E-state index is 14.3. The van der Waals surface area contributed by atoms with Crippen molar-refractivity contribution in [1.82, 2.24) is 10.2 Å². The Morgan fingerprint density at radius 2 is 2.04 bits per heavy atom. The molecule has 1 aliphatic rings. The monoisotopic (exact) mass is 352 g/mol. The molecule has 1 aliphatic heterocycles. The van der Waals surface area contributed by atoms with Crippen LogP contribution in [-0.4, -0.2) is 55.3 Å². The zero-order valence-electron chi connectivity index (χ0n) is 12.8. The van der Waals surface area contributed by atoms with Gasteiger partial charge in [-0.2, -0.15) is 0 Å². The number of halogens is 4. The van der Waals surface area contributed by atoms with Gasteiger partial charge < -0.3 is 15.2 Å². The predicted octanol–water partition coefficient (Wildman–Crippen LogP) is 2.45. The van der Waals surface area contributed by atoms with Crippen molar-refractivity contribution in [1.29, 1.82) is 0 Å². The van der Waals surface area contributed by atoms with Crippen LogP contribution in [0.3, 0.4) is 0 Å². The fraction of sp³-hybridized carbons (Fsp3) is 0.600. The largest absolute Gasteiger partial charge is 0.489 e. The van der Waals surface area contributed by atoms with Crippen LogP contribution in [0, 0.1) is 5.82 Å². The van der Waals surface area contributed by atoms with Gasteiger partial charge in [-0.1, -0.05) is 11.6 Å². The molecule has 2 N–H and O–H groups in total. The first-order valence-corrected chi connectivity index (χ1v) is 7.83. The van der Waals surface area contributed by atoms with E-state index in [-0.39, 0.29) is 22.9 Å². The molecule has 0 aliphatic carbocycles. The molecule has 0 bridgehead atoms. The summed E-state index contributed by atoms with van der Waals surface area (Å²) in [7, 11) is 0. The molecule has 130 valence electrons. The normalized spacial score (nSPS) is 18.0. The van der Waals surface area contributed by atoms with Crippen molar-refractivity contribution in [2.45, 2.75) is 18.9 Å². The molecule has 1 fully saturated rings. The Balaban J connectivity index is 2.42. The number of benzene rings is 1. The zero-order chi connectivity index (χ0) is 17.0. The number of piperazine rings is 1. The average Bonchev–Trinajstić information content (AvgIpc) is 2.52. The fourth-order valence-electron chi connectivity index (χ4n) is 2.77. The minimum Gasteiger partial charge on any atom is -0.489 e. The van der Waals surface area contributed by atoms with Gasteiger partial charge in [0.05, 0.1) is 11.6 Å². The molecule has 0 aromatic heterocycles. The van der Waals surface area contributed by atoms with Crippen molar-refractivity contribution in [3.63, 3.8) is 0 Å². The number of nitrogens with one attached hydrogen (secondary N) is 1. The van der Waals surface area contributed by atoms with E-state index in [9.17, 15) is 13.2 Å². The van der Waals surface area contributed by atoms with E-state index in [1.165, 1.54) is 11.0 Å². The average molecular weight is 353 g/mol. The molecule has 2 rings (SSSR count). The SMILES string of the molecule is CCOc1c(F)cc([C@H](N2CCNCC2)C(F)(F)CO)cc1Cl. The summed E-state index contributed by atoms with van der Waals surface area (Å²) in [6, 6.07) is 0.844. The summed E-state index contributed by atoms with van der Waals surface area (Å²) in [5.41, 5.74) is 0.0249. The number of nitrogens with zero attached hydrogens (tertiary/aromatic N) is 1. The molecule has 1 aromatic rings. The molecule has 1 saturated heterocycles. The minimum absolute atomic E-state index is 0.0249. The summed E-state index contributed by atoms with van der Waals surface area (Å²) in [5, 5.41) is 12.1. The first-order chi connectivity index (χ1) is 10.9. The van der Waals surface area contributed by atoms with Gasteiger partial charge in [-0.15, -0.1) is 0 Å². The summed E-state index contributed by atoms with van der Waals surface area (Å²) in [6.07, 6.45) is 0. The quantitative estimate of drug-likeness (QED) is 0.825. The second-order valence-electron chi connectivity index (χ2n) is 5.35. The number of aliphatic hydroxyl groups is 1. The fourth-order valence-corrected chi connectivity index (χ4v) is 3.04. The summed E-state index contributed by atoms with van der Waals surface area (Å²) in [4.78, 5) is 1.53. The van der Waals surface area contributed by atoms with Crippen LogP contribution in [0.5, 0.6) is 5.75 Å². The molecule has 1 atom stereocenters. The molecule has 23 heavy (non-hydrogen) atoms. The van der Waals surface area contributed by atoms with Gasteiger partial charge in [-0.25, -0.2) is 13.2 Å². The van der Waals surface area contributed by atoms with Gasteiger partial charge in [0, 0.05) is 26.2 Å². The van der Waals surface area contributed by atoms with E-state index >= 15 is 0 Å². The highest BCUT2D eigenvalue weighted by Gasteiger charge is 2.44. The summed E-state index contributed by atoms with van der Waals surface area (Å²) >= 11 is 5.99. The second kappa shape index (κ2) is 7.70. The zero-order valence-corrected chi connectivity index (χ0v) is 13.5. The van der Waals surface area contributed by atoms with Gasteiger partial charge in [0.25, 0.3) is 5.92 Å². The minimum atomic E-state index is -3.42. The van der Waals surface area contributed by atoms with Crippen molar-refractivity contribution >= 4 is 11.6 Å². The topological polar surface area (TPSA) is 44.7 Å². The summed E-state index contributed by atoms with van der Waals surface area (Å²) in [6.45, 7) is 2.39. The standard InChI is InChI=1S/C15H20ClF3N2O2/c1-2-23-13-11(16)7-10(8-12(13)17)14(15(18,19)9-22)21-5-3-20-4-6-21/h7-8,14,20,22H,2-6,9H2,1H3/t14-/m0/s1. The number of alkyl halides is 2. The Kier molecular flexibility index (Phi) is 6.13. The predicted molar refractivity (Wildman–Crippen MR) is 81.8 cm³/mol. The Labute approximate surface area is 138 Å². The van der Waals surface area contributed by atoms with Gasteiger partial charge in [0.2, 0.25) is 0 Å². The van der Waals surface area contributed by atoms with Crippen molar-refractivity contribution in [2.75, 3.05) is 39.4 Å². The van der Waals surface area contributed by atoms with Crippen LogP contribution in [-0.2, 0) is 0 Å². The van der Waals surface area contributed by atoms with Gasteiger partial charge in [0.15, 0.2) is 11.6 Å². The lowest BCUT2D eigenvalue weighted by atomic mass is 9.98. The number of hydrogen-bond acceptors (Lipinski definition) is 4. The van der Waals surface area contributed by atoms with Gasteiger partial charge in [0.1, 0.15) is 12.6 Å². The van der Waals surface area contributed by atoms with Crippen LogP contribution in [0.2, 0.25) is 5.02 Å². The van der Waals surface area contributed by atoms with E-state index < -0.39 is 24.4 Å². The molecule has 1 aromatic carbocycles. The second-order valence-corrected chi connectivity index (χ2v) is 5.76. The summed E-state index contributed by atoms with van der Waals surface area (Å²) in [5.74, 6) is -4.35. The highest BCUT2D eigenvalue weighted by molar-refractivity contribution is 6.32. The maximum absolute atomic E-state index is 14.3. The van der Waals surface area contributed by atoms with Crippen molar-refractivity contribution in [3.05, 3.63) is 28.5 Å². The molecule has 0 amide bonds. The highest BCUT2D eigenvalue weighted by atomic mass is 35.5. The van der Waals surface area contributed by atoms with E-state index in [0.717, 1.165) is 6.07 Å². The van der Waals surface area contributed by atoms with E-state index in [4.69, 9.17) is 21.4 Å². The molecule has 8 heteroatoms. The van der Waals surface area contributed by atoms with Crippen LogP contribution in [0.1, 0.15) is 18.5 Å². The molecular weight excluding hydrogens is 333 g/mol. The van der Waals surface area contributed by atoms with E-state index in [1.807, 2.05) is 0 Å². The third-order valence-corrected chi connectivity index (χ3v) is 4.03.